The van der Waals surface area contributed by atoms with Gasteiger partial charge in [0.1, 0.15) is 5.82 Å². The van der Waals surface area contributed by atoms with Crippen LogP contribution in [-0.4, -0.2) is 12.6 Å². The summed E-state index contributed by atoms with van der Waals surface area (Å²) in [6.45, 7) is 2.34. The van der Waals surface area contributed by atoms with Crippen molar-refractivity contribution < 1.29 is 9.18 Å². The van der Waals surface area contributed by atoms with Crippen LogP contribution in [0.1, 0.15) is 17.2 Å². The molecule has 74 valence electrons. The molecule has 1 aliphatic heterocycles. The Hall–Kier alpha value is -1.58. The Morgan fingerprint density at radius 1 is 1.50 bits per heavy atom. The fourth-order valence-corrected chi connectivity index (χ4v) is 1.57. The molecule has 0 unspecified atom stereocenters. The van der Waals surface area contributed by atoms with Gasteiger partial charge in [0.25, 0.3) is 0 Å². The van der Waals surface area contributed by atoms with E-state index in [-0.39, 0.29) is 17.9 Å². The third kappa shape index (κ3) is 1.55. The summed E-state index contributed by atoms with van der Waals surface area (Å²) >= 11 is 0. The van der Waals surface area contributed by atoms with E-state index in [9.17, 15) is 9.18 Å². The summed E-state index contributed by atoms with van der Waals surface area (Å²) in [4.78, 5) is 10.9. The molecule has 1 aliphatic rings. The van der Waals surface area contributed by atoms with E-state index in [4.69, 9.17) is 0 Å². The number of nitrogens with one attached hydrogen (secondary N) is 2. The number of carbonyl (C=O) groups is 1. The number of aryl methyl sites for hydroxylation is 1. The van der Waals surface area contributed by atoms with Crippen molar-refractivity contribution in [1.29, 1.82) is 0 Å². The van der Waals surface area contributed by atoms with Gasteiger partial charge in [-0.3, -0.25) is 0 Å². The summed E-state index contributed by atoms with van der Waals surface area (Å²) in [5, 5.41) is 5.25. The van der Waals surface area contributed by atoms with Gasteiger partial charge in [-0.1, -0.05) is 17.7 Å². The molecule has 0 saturated carbocycles. The van der Waals surface area contributed by atoms with Crippen LogP contribution in [0, 0.1) is 12.7 Å². The van der Waals surface area contributed by atoms with Gasteiger partial charge in [0.15, 0.2) is 0 Å². The SMILES string of the molecule is Cc1ccc(F)c([C@H]2CNC(=O)N2)c1. The average Bonchev–Trinajstić information content (AvgIpc) is 2.56. The molecule has 1 aromatic carbocycles. The lowest BCUT2D eigenvalue weighted by molar-refractivity contribution is 0.247. The zero-order valence-corrected chi connectivity index (χ0v) is 7.80. The van der Waals surface area contributed by atoms with Gasteiger partial charge in [0.05, 0.1) is 6.04 Å². The van der Waals surface area contributed by atoms with Crippen molar-refractivity contribution in [3.05, 3.63) is 35.1 Å². The molecular weight excluding hydrogens is 183 g/mol. The van der Waals surface area contributed by atoms with Gasteiger partial charge in [-0.15, -0.1) is 0 Å². The molecular formula is C10H11FN2O. The second kappa shape index (κ2) is 3.29. The first-order valence-electron chi connectivity index (χ1n) is 4.47. The van der Waals surface area contributed by atoms with E-state index in [2.05, 4.69) is 10.6 Å². The summed E-state index contributed by atoms with van der Waals surface area (Å²) in [7, 11) is 0. The van der Waals surface area contributed by atoms with Gasteiger partial charge in [-0.25, -0.2) is 9.18 Å². The average molecular weight is 194 g/mol. The molecule has 14 heavy (non-hydrogen) atoms. The lowest BCUT2D eigenvalue weighted by Crippen LogP contribution is -2.22. The van der Waals surface area contributed by atoms with Gasteiger partial charge < -0.3 is 10.6 Å². The van der Waals surface area contributed by atoms with Crippen LogP contribution in [0.5, 0.6) is 0 Å². The Bertz CT molecular complexity index is 378. The van der Waals surface area contributed by atoms with E-state index < -0.39 is 0 Å². The first-order chi connectivity index (χ1) is 6.66. The number of hydrogen-bond donors (Lipinski definition) is 2. The molecule has 2 rings (SSSR count). The number of halogens is 1. The van der Waals surface area contributed by atoms with Crippen molar-refractivity contribution in [2.24, 2.45) is 0 Å². The zero-order chi connectivity index (χ0) is 10.1. The van der Waals surface area contributed by atoms with E-state index in [0.29, 0.717) is 12.1 Å². The molecule has 2 N–H and O–H groups in total. The van der Waals surface area contributed by atoms with Crippen molar-refractivity contribution >= 4 is 6.03 Å². The summed E-state index contributed by atoms with van der Waals surface area (Å²) in [5.41, 5.74) is 1.53. The van der Waals surface area contributed by atoms with Crippen LogP contribution >= 0.6 is 0 Å². The van der Waals surface area contributed by atoms with E-state index >= 15 is 0 Å². The number of rotatable bonds is 1. The number of carbonyl (C=O) groups excluding carboxylic acids is 1. The van der Waals surface area contributed by atoms with Crippen LogP contribution in [-0.2, 0) is 0 Å². The highest BCUT2D eigenvalue weighted by Crippen LogP contribution is 2.20. The predicted octanol–water partition coefficient (Wildman–Crippen LogP) is 1.49. The summed E-state index contributed by atoms with van der Waals surface area (Å²) in [6.07, 6.45) is 0. The summed E-state index contributed by atoms with van der Waals surface area (Å²) < 4.78 is 13.4. The third-order valence-electron chi connectivity index (χ3n) is 2.30. The number of amides is 2. The molecule has 1 fully saturated rings. The van der Waals surface area contributed by atoms with Gasteiger partial charge in [0.2, 0.25) is 0 Å². The fraction of sp³-hybridized carbons (Fsp3) is 0.300. The maximum absolute atomic E-state index is 13.4. The maximum atomic E-state index is 13.4. The van der Waals surface area contributed by atoms with Gasteiger partial charge in [-0.2, -0.15) is 0 Å². The van der Waals surface area contributed by atoms with Crippen molar-refractivity contribution in [2.75, 3.05) is 6.54 Å². The third-order valence-corrected chi connectivity index (χ3v) is 2.30. The Kier molecular flexibility index (Phi) is 2.11. The summed E-state index contributed by atoms with van der Waals surface area (Å²) in [6, 6.07) is 4.41. The molecule has 0 spiro atoms. The lowest BCUT2D eigenvalue weighted by Gasteiger charge is -2.10. The Morgan fingerprint density at radius 3 is 2.93 bits per heavy atom. The topological polar surface area (TPSA) is 41.1 Å². The summed E-state index contributed by atoms with van der Waals surface area (Å²) in [5.74, 6) is -0.274. The molecule has 1 atom stereocenters. The second-order valence-electron chi connectivity index (χ2n) is 3.43. The minimum atomic E-state index is -0.274. The first kappa shape index (κ1) is 8.99. The Balaban J connectivity index is 2.31. The smallest absolute Gasteiger partial charge is 0.315 e. The number of benzene rings is 1. The molecule has 1 saturated heterocycles. The van der Waals surface area contributed by atoms with E-state index in [1.807, 2.05) is 6.92 Å². The van der Waals surface area contributed by atoms with E-state index in [1.165, 1.54) is 6.07 Å². The molecule has 1 heterocycles. The molecule has 2 amide bonds. The first-order valence-corrected chi connectivity index (χ1v) is 4.47. The Labute approximate surface area is 81.3 Å². The van der Waals surface area contributed by atoms with Crippen LogP contribution in [0.25, 0.3) is 0 Å². The standard InChI is InChI=1S/C10H11FN2O/c1-6-2-3-8(11)7(4-6)9-5-12-10(14)13-9/h2-4,9H,5H2,1H3,(H2,12,13,14)/t9-/m1/s1. The maximum Gasteiger partial charge on any atom is 0.315 e. The van der Waals surface area contributed by atoms with Crippen LogP contribution < -0.4 is 10.6 Å². The normalized spacial score (nSPS) is 20.4. The van der Waals surface area contributed by atoms with Crippen LogP contribution in [0.15, 0.2) is 18.2 Å². The molecule has 0 aliphatic carbocycles. The van der Waals surface area contributed by atoms with Crippen molar-refractivity contribution in [2.45, 2.75) is 13.0 Å². The number of urea groups is 1. The lowest BCUT2D eigenvalue weighted by atomic mass is 10.0. The second-order valence-corrected chi connectivity index (χ2v) is 3.43. The van der Waals surface area contributed by atoms with Crippen molar-refractivity contribution in [1.82, 2.24) is 10.6 Å². The highest BCUT2D eigenvalue weighted by molar-refractivity contribution is 5.76. The van der Waals surface area contributed by atoms with Gasteiger partial charge in [0, 0.05) is 12.1 Å². The van der Waals surface area contributed by atoms with Gasteiger partial charge >= 0.3 is 6.03 Å². The van der Waals surface area contributed by atoms with E-state index in [1.54, 1.807) is 12.1 Å². The van der Waals surface area contributed by atoms with Crippen LogP contribution in [0.2, 0.25) is 0 Å². The fourth-order valence-electron chi connectivity index (χ4n) is 1.57. The minimum Gasteiger partial charge on any atom is -0.336 e. The minimum absolute atomic E-state index is 0.240. The van der Waals surface area contributed by atoms with E-state index in [0.717, 1.165) is 5.56 Å². The van der Waals surface area contributed by atoms with Crippen molar-refractivity contribution in [3.63, 3.8) is 0 Å². The van der Waals surface area contributed by atoms with Gasteiger partial charge in [-0.05, 0) is 13.0 Å². The van der Waals surface area contributed by atoms with Crippen molar-refractivity contribution in [3.8, 4) is 0 Å². The largest absolute Gasteiger partial charge is 0.336 e. The van der Waals surface area contributed by atoms with Crippen LogP contribution in [0.4, 0.5) is 9.18 Å². The molecule has 4 heteroatoms. The molecule has 0 bridgehead atoms. The monoisotopic (exact) mass is 194 g/mol. The highest BCUT2D eigenvalue weighted by Gasteiger charge is 2.23. The Morgan fingerprint density at radius 2 is 2.29 bits per heavy atom. The molecule has 1 aromatic rings. The predicted molar refractivity (Wildman–Crippen MR) is 50.4 cm³/mol. The molecule has 0 radical (unpaired) electrons. The number of hydrogen-bond acceptors (Lipinski definition) is 1. The molecule has 0 aromatic heterocycles. The quantitative estimate of drug-likeness (QED) is 0.698. The highest BCUT2D eigenvalue weighted by atomic mass is 19.1. The zero-order valence-electron chi connectivity index (χ0n) is 7.80. The molecule has 3 nitrogen and oxygen atoms in total. The van der Waals surface area contributed by atoms with Crippen LogP contribution in [0.3, 0.4) is 0 Å².